The highest BCUT2D eigenvalue weighted by Gasteiger charge is 2.48. The molecule has 1 fully saturated rings. The van der Waals surface area contributed by atoms with Crippen molar-refractivity contribution < 1.29 is 19.4 Å². The highest BCUT2D eigenvalue weighted by molar-refractivity contribution is 6.52. The van der Waals surface area contributed by atoms with E-state index in [4.69, 9.17) is 16.3 Å². The maximum atomic E-state index is 13.3. The summed E-state index contributed by atoms with van der Waals surface area (Å²) < 4.78 is 5.78. The van der Waals surface area contributed by atoms with Crippen LogP contribution in [0.15, 0.2) is 72.4 Å². The van der Waals surface area contributed by atoms with Crippen LogP contribution >= 0.6 is 11.6 Å². The van der Waals surface area contributed by atoms with E-state index < -0.39 is 17.7 Å². The van der Waals surface area contributed by atoms with Gasteiger partial charge in [-0.15, -0.1) is 0 Å². The maximum absolute atomic E-state index is 13.3. The number of rotatable bonds is 6. The molecule has 174 valence electrons. The molecule has 1 unspecified atom stereocenters. The second-order valence-electron chi connectivity index (χ2n) is 8.59. The number of anilines is 1. The van der Waals surface area contributed by atoms with Gasteiger partial charge in [-0.2, -0.15) is 0 Å². The van der Waals surface area contributed by atoms with Gasteiger partial charge in [-0.05, 0) is 54.8 Å². The highest BCUT2D eigenvalue weighted by Crippen LogP contribution is 2.43. The molecule has 3 aromatic rings. The van der Waals surface area contributed by atoms with Crippen LogP contribution in [-0.4, -0.2) is 28.4 Å². The fourth-order valence-electron chi connectivity index (χ4n) is 3.89. The van der Waals surface area contributed by atoms with Gasteiger partial charge in [0.1, 0.15) is 17.6 Å². The van der Waals surface area contributed by atoms with Gasteiger partial charge in [-0.1, -0.05) is 49.7 Å². The number of aromatic nitrogens is 1. The van der Waals surface area contributed by atoms with Gasteiger partial charge in [0.05, 0.1) is 17.9 Å². The first-order chi connectivity index (χ1) is 16.3. The van der Waals surface area contributed by atoms with Crippen LogP contribution in [0.25, 0.3) is 5.76 Å². The molecular weight excluding hydrogens is 452 g/mol. The number of carbonyl (C=O) groups is 2. The van der Waals surface area contributed by atoms with Crippen molar-refractivity contribution in [3.8, 4) is 5.75 Å². The van der Waals surface area contributed by atoms with Crippen molar-refractivity contribution in [1.82, 2.24) is 4.98 Å². The topological polar surface area (TPSA) is 79.7 Å². The number of aliphatic hydroxyl groups excluding tert-OH is 1. The number of hydrogen-bond acceptors (Lipinski definition) is 5. The van der Waals surface area contributed by atoms with Crippen molar-refractivity contribution in [3.63, 3.8) is 0 Å². The molecule has 1 aliphatic heterocycles. The van der Waals surface area contributed by atoms with Crippen LogP contribution in [0.2, 0.25) is 5.02 Å². The number of Topliss-reactive ketones (excluding diaryl/α,β-unsaturated/α-hetero) is 1. The first-order valence-electron chi connectivity index (χ1n) is 11.0. The molecule has 34 heavy (non-hydrogen) atoms. The third-order valence-electron chi connectivity index (χ3n) is 5.53. The van der Waals surface area contributed by atoms with Crippen molar-refractivity contribution in [1.29, 1.82) is 0 Å². The van der Waals surface area contributed by atoms with Gasteiger partial charge in [0, 0.05) is 22.5 Å². The van der Waals surface area contributed by atoms with E-state index >= 15 is 0 Å². The van der Waals surface area contributed by atoms with E-state index in [0.29, 0.717) is 40.2 Å². The van der Waals surface area contributed by atoms with Gasteiger partial charge in [0.25, 0.3) is 11.7 Å². The number of aryl methyl sites for hydroxylation is 1. The quantitative estimate of drug-likeness (QED) is 0.280. The average molecular weight is 477 g/mol. The minimum absolute atomic E-state index is 0.0379. The van der Waals surface area contributed by atoms with Crippen molar-refractivity contribution in [2.24, 2.45) is 5.92 Å². The molecular formula is C27H25ClN2O4. The molecule has 7 heteroatoms. The predicted molar refractivity (Wildman–Crippen MR) is 132 cm³/mol. The number of aliphatic hydroxyl groups is 1. The van der Waals surface area contributed by atoms with Crippen LogP contribution in [0.4, 0.5) is 5.69 Å². The number of amides is 1. The Hall–Kier alpha value is -3.64. The Balaban J connectivity index is 1.88. The van der Waals surface area contributed by atoms with E-state index in [9.17, 15) is 14.7 Å². The summed E-state index contributed by atoms with van der Waals surface area (Å²) in [7, 11) is 0. The molecule has 1 saturated heterocycles. The summed E-state index contributed by atoms with van der Waals surface area (Å²) in [6.07, 6.45) is 1.58. The van der Waals surface area contributed by atoms with Crippen LogP contribution in [-0.2, 0) is 9.59 Å². The summed E-state index contributed by atoms with van der Waals surface area (Å²) in [6.45, 7) is 6.42. The monoisotopic (exact) mass is 476 g/mol. The second-order valence-corrected chi connectivity index (χ2v) is 9.02. The second kappa shape index (κ2) is 9.69. The summed E-state index contributed by atoms with van der Waals surface area (Å²) in [5.41, 5.74) is 2.04. The summed E-state index contributed by atoms with van der Waals surface area (Å²) in [6, 6.07) is 16.3. The third kappa shape index (κ3) is 4.54. The lowest BCUT2D eigenvalue weighted by molar-refractivity contribution is -0.132. The van der Waals surface area contributed by atoms with E-state index in [-0.39, 0.29) is 11.3 Å². The Morgan fingerprint density at radius 3 is 2.62 bits per heavy atom. The lowest BCUT2D eigenvalue weighted by Crippen LogP contribution is -2.30. The molecule has 0 spiro atoms. The molecule has 1 aromatic heterocycles. The van der Waals surface area contributed by atoms with Gasteiger partial charge < -0.3 is 9.84 Å². The molecule has 0 saturated carbocycles. The van der Waals surface area contributed by atoms with Crippen molar-refractivity contribution in [2.45, 2.75) is 26.8 Å². The van der Waals surface area contributed by atoms with Crippen LogP contribution in [0.3, 0.4) is 0 Å². The van der Waals surface area contributed by atoms with Gasteiger partial charge >= 0.3 is 0 Å². The van der Waals surface area contributed by atoms with Gasteiger partial charge in [0.2, 0.25) is 0 Å². The van der Waals surface area contributed by atoms with Gasteiger partial charge in [-0.25, -0.2) is 0 Å². The standard InChI is InChI=1S/C27H25ClN2O4/c1-16(2)15-34-20-8-6-7-18(13-20)25(31)23-24(21-9-4-5-12-29-21)30(27(33)26(23)32)22-14-19(28)11-10-17(22)3/h4-14,16,24,31H,15H2,1-3H3/b25-23+. The first-order valence-corrected chi connectivity index (χ1v) is 11.4. The van der Waals surface area contributed by atoms with E-state index in [0.717, 1.165) is 5.56 Å². The zero-order valence-corrected chi connectivity index (χ0v) is 19.9. The summed E-state index contributed by atoms with van der Waals surface area (Å²) in [5.74, 6) is -0.943. The molecule has 2 aromatic carbocycles. The summed E-state index contributed by atoms with van der Waals surface area (Å²) >= 11 is 6.22. The molecule has 0 bridgehead atoms. The van der Waals surface area contributed by atoms with E-state index in [1.165, 1.54) is 4.90 Å². The Bertz CT molecular complexity index is 1270. The molecule has 2 heterocycles. The highest BCUT2D eigenvalue weighted by atomic mass is 35.5. The number of pyridine rings is 1. The molecule has 1 aliphatic rings. The lowest BCUT2D eigenvalue weighted by atomic mass is 9.98. The SMILES string of the molecule is Cc1ccc(Cl)cc1N1C(=O)C(=O)/C(=C(/O)c2cccc(OCC(C)C)c2)C1c1ccccn1. The molecule has 1 atom stereocenters. The zero-order chi connectivity index (χ0) is 24.4. The molecule has 0 aliphatic carbocycles. The number of ketones is 1. The summed E-state index contributed by atoms with van der Waals surface area (Å²) in [5, 5.41) is 11.7. The van der Waals surface area contributed by atoms with Crippen LogP contribution < -0.4 is 9.64 Å². The largest absolute Gasteiger partial charge is 0.507 e. The smallest absolute Gasteiger partial charge is 0.300 e. The zero-order valence-electron chi connectivity index (χ0n) is 19.2. The molecule has 1 N–H and O–H groups in total. The maximum Gasteiger partial charge on any atom is 0.300 e. The van der Waals surface area contributed by atoms with Crippen LogP contribution in [0, 0.1) is 12.8 Å². The molecule has 4 rings (SSSR count). The number of nitrogens with zero attached hydrogens (tertiary/aromatic N) is 2. The first kappa shape index (κ1) is 23.5. The normalized spacial score (nSPS) is 17.4. The van der Waals surface area contributed by atoms with E-state index in [1.54, 1.807) is 66.9 Å². The lowest BCUT2D eigenvalue weighted by Gasteiger charge is -2.26. The Morgan fingerprint density at radius 2 is 1.91 bits per heavy atom. The molecule has 6 nitrogen and oxygen atoms in total. The van der Waals surface area contributed by atoms with E-state index in [1.807, 2.05) is 20.8 Å². The average Bonchev–Trinajstić information content (AvgIpc) is 3.10. The predicted octanol–water partition coefficient (Wildman–Crippen LogP) is 5.70. The van der Waals surface area contributed by atoms with Crippen LogP contribution in [0.5, 0.6) is 5.75 Å². The van der Waals surface area contributed by atoms with E-state index in [2.05, 4.69) is 4.98 Å². The Morgan fingerprint density at radius 1 is 1.12 bits per heavy atom. The van der Waals surface area contributed by atoms with Gasteiger partial charge in [-0.3, -0.25) is 19.5 Å². The van der Waals surface area contributed by atoms with Crippen molar-refractivity contribution in [2.75, 3.05) is 11.5 Å². The number of hydrogen-bond donors (Lipinski definition) is 1. The number of halogens is 1. The minimum Gasteiger partial charge on any atom is -0.507 e. The Labute approximate surface area is 203 Å². The number of ether oxygens (including phenoxy) is 1. The fourth-order valence-corrected chi connectivity index (χ4v) is 4.06. The molecule has 1 amide bonds. The van der Waals surface area contributed by atoms with Crippen molar-refractivity contribution in [3.05, 3.63) is 94.3 Å². The number of carbonyl (C=O) groups excluding carboxylic acids is 2. The summed E-state index contributed by atoms with van der Waals surface area (Å²) in [4.78, 5) is 32.3. The fraction of sp³-hybridized carbons (Fsp3) is 0.222. The minimum atomic E-state index is -0.918. The number of benzene rings is 2. The Kier molecular flexibility index (Phi) is 6.70. The molecule has 0 radical (unpaired) electrons. The van der Waals surface area contributed by atoms with Crippen LogP contribution in [0.1, 0.15) is 36.7 Å². The van der Waals surface area contributed by atoms with Gasteiger partial charge in [0.15, 0.2) is 0 Å². The van der Waals surface area contributed by atoms with Crippen molar-refractivity contribution >= 4 is 34.7 Å². The third-order valence-corrected chi connectivity index (χ3v) is 5.77.